The Kier molecular flexibility index (Phi) is 5.30. The fourth-order valence-electron chi connectivity index (χ4n) is 2.53. The summed E-state index contributed by atoms with van der Waals surface area (Å²) in [7, 11) is 0. The molecule has 110 valence electrons. The molecule has 0 spiro atoms. The molecule has 4 nitrogen and oxygen atoms in total. The number of nitrogens with zero attached hydrogens (tertiary/aromatic N) is 2. The van der Waals surface area contributed by atoms with E-state index in [1.165, 1.54) is 0 Å². The van der Waals surface area contributed by atoms with Crippen LogP contribution in [0.3, 0.4) is 0 Å². The lowest BCUT2D eigenvalue weighted by molar-refractivity contribution is -0.641. The van der Waals surface area contributed by atoms with Crippen molar-refractivity contribution in [3.05, 3.63) is 42.5 Å². The third-order valence-corrected chi connectivity index (χ3v) is 3.44. The van der Waals surface area contributed by atoms with Crippen molar-refractivity contribution in [1.82, 2.24) is 4.98 Å². The molecule has 1 aromatic heterocycles. The molecule has 0 bridgehead atoms. The minimum absolute atomic E-state index is 0. The molecular formula is C16H18IN3O. The van der Waals surface area contributed by atoms with Gasteiger partial charge in [0.15, 0.2) is 0 Å². The molecule has 21 heavy (non-hydrogen) atoms. The highest BCUT2D eigenvalue weighted by molar-refractivity contribution is 5.83. The van der Waals surface area contributed by atoms with Gasteiger partial charge in [0, 0.05) is 24.4 Å². The number of benzene rings is 2. The summed E-state index contributed by atoms with van der Waals surface area (Å²) in [6.07, 6.45) is 0. The molecule has 2 aromatic carbocycles. The second kappa shape index (κ2) is 7.00. The second-order valence-corrected chi connectivity index (χ2v) is 4.70. The van der Waals surface area contributed by atoms with Crippen LogP contribution < -0.4 is 33.9 Å². The number of anilines is 1. The predicted molar refractivity (Wildman–Crippen MR) is 80.7 cm³/mol. The van der Waals surface area contributed by atoms with Gasteiger partial charge in [0.2, 0.25) is 11.0 Å². The van der Waals surface area contributed by atoms with Crippen molar-refractivity contribution in [3.63, 3.8) is 0 Å². The third kappa shape index (κ3) is 3.08. The van der Waals surface area contributed by atoms with Crippen molar-refractivity contribution < 1.29 is 33.7 Å². The number of aromatic nitrogens is 2. The van der Waals surface area contributed by atoms with E-state index in [9.17, 15) is 0 Å². The van der Waals surface area contributed by atoms with Crippen molar-refractivity contribution in [2.75, 3.05) is 18.5 Å². The lowest BCUT2D eigenvalue weighted by Crippen LogP contribution is -3.00. The van der Waals surface area contributed by atoms with Gasteiger partial charge in [0.05, 0.1) is 6.61 Å². The maximum absolute atomic E-state index is 8.90. The molecule has 0 saturated heterocycles. The minimum atomic E-state index is 0. The normalized spacial score (nSPS) is 10.6. The van der Waals surface area contributed by atoms with Gasteiger partial charge in [-0.25, -0.2) is 4.98 Å². The van der Waals surface area contributed by atoms with E-state index in [2.05, 4.69) is 28.9 Å². The van der Waals surface area contributed by atoms with Gasteiger partial charge in [0.25, 0.3) is 0 Å². The Labute approximate surface area is 140 Å². The van der Waals surface area contributed by atoms with Crippen molar-refractivity contribution in [3.8, 4) is 0 Å². The van der Waals surface area contributed by atoms with Gasteiger partial charge in [-0.2, -0.15) is 4.57 Å². The molecule has 0 aliphatic rings. The van der Waals surface area contributed by atoms with E-state index in [1.807, 2.05) is 30.3 Å². The van der Waals surface area contributed by atoms with Gasteiger partial charge in [-0.05, 0) is 25.1 Å². The fourth-order valence-corrected chi connectivity index (χ4v) is 2.53. The van der Waals surface area contributed by atoms with Crippen molar-refractivity contribution in [1.29, 1.82) is 0 Å². The lowest BCUT2D eigenvalue weighted by atomic mass is 10.2. The van der Waals surface area contributed by atoms with Crippen LogP contribution in [0.25, 0.3) is 22.1 Å². The van der Waals surface area contributed by atoms with E-state index in [0.29, 0.717) is 6.54 Å². The van der Waals surface area contributed by atoms with E-state index in [1.54, 1.807) is 0 Å². The molecule has 0 unspecified atom stereocenters. The molecular weight excluding hydrogens is 377 g/mol. The average molecular weight is 395 g/mol. The van der Waals surface area contributed by atoms with Crippen molar-refractivity contribution >= 4 is 27.8 Å². The van der Waals surface area contributed by atoms with Gasteiger partial charge in [-0.15, -0.1) is 0 Å². The molecule has 5 heteroatoms. The first kappa shape index (κ1) is 15.9. The van der Waals surface area contributed by atoms with E-state index in [4.69, 9.17) is 10.1 Å². The number of para-hydroxylation sites is 2. The first-order chi connectivity index (χ1) is 9.83. The molecule has 0 atom stereocenters. The Bertz CT molecular complexity index is 761. The topological polar surface area (TPSA) is 49.0 Å². The SMILES string of the molecule is CC[n+]1c2ccccc2nc2ccc(NCCO)cc21.[I-]. The number of rotatable bonds is 4. The van der Waals surface area contributed by atoms with E-state index < -0.39 is 0 Å². The van der Waals surface area contributed by atoms with Crippen LogP contribution in [0.5, 0.6) is 0 Å². The number of hydrogen-bond donors (Lipinski definition) is 2. The molecule has 2 N–H and O–H groups in total. The number of halogens is 1. The largest absolute Gasteiger partial charge is 1.00 e. The molecule has 0 aliphatic heterocycles. The first-order valence-electron chi connectivity index (χ1n) is 6.90. The zero-order chi connectivity index (χ0) is 13.9. The smallest absolute Gasteiger partial charge is 0.233 e. The summed E-state index contributed by atoms with van der Waals surface area (Å²) in [5.74, 6) is 0. The Morgan fingerprint density at radius 2 is 1.86 bits per heavy atom. The van der Waals surface area contributed by atoms with Crippen LogP contribution in [0.1, 0.15) is 6.92 Å². The molecule has 0 radical (unpaired) electrons. The molecule has 0 fully saturated rings. The van der Waals surface area contributed by atoms with Gasteiger partial charge in [0.1, 0.15) is 17.6 Å². The fraction of sp³-hybridized carbons (Fsp3) is 0.250. The average Bonchev–Trinajstić information content (AvgIpc) is 2.50. The van der Waals surface area contributed by atoms with Crippen molar-refractivity contribution in [2.45, 2.75) is 13.5 Å². The number of aliphatic hydroxyl groups excluding tert-OH is 1. The summed E-state index contributed by atoms with van der Waals surface area (Å²) in [4.78, 5) is 4.71. The third-order valence-electron chi connectivity index (χ3n) is 3.44. The highest BCUT2D eigenvalue weighted by Crippen LogP contribution is 2.18. The minimum Gasteiger partial charge on any atom is -1.00 e. The summed E-state index contributed by atoms with van der Waals surface area (Å²) >= 11 is 0. The summed E-state index contributed by atoms with van der Waals surface area (Å²) < 4.78 is 2.27. The highest BCUT2D eigenvalue weighted by atomic mass is 127. The first-order valence-corrected chi connectivity index (χ1v) is 6.90. The second-order valence-electron chi connectivity index (χ2n) is 4.70. The quantitative estimate of drug-likeness (QED) is 0.342. The van der Waals surface area contributed by atoms with Gasteiger partial charge >= 0.3 is 0 Å². The van der Waals surface area contributed by atoms with Gasteiger partial charge in [-0.1, -0.05) is 12.1 Å². The molecule has 0 amide bonds. The van der Waals surface area contributed by atoms with E-state index in [-0.39, 0.29) is 30.6 Å². The Balaban J connectivity index is 0.00000161. The summed E-state index contributed by atoms with van der Waals surface area (Å²) in [5, 5.41) is 12.1. The number of fused-ring (bicyclic) bond motifs is 2. The van der Waals surface area contributed by atoms with Gasteiger partial charge < -0.3 is 34.4 Å². The van der Waals surface area contributed by atoms with Crippen LogP contribution in [0.4, 0.5) is 5.69 Å². The number of aliphatic hydroxyl groups is 1. The standard InChI is InChI=1S/C16H17N3O.HI/c1-2-19-15-6-4-3-5-13(15)18-14-8-7-12(11-16(14)19)17-9-10-20;/h3-8,11,20H,2,9-10H2,1H3;1H. The molecule has 0 aliphatic carbocycles. The molecule has 3 aromatic rings. The molecule has 1 heterocycles. The zero-order valence-corrected chi connectivity index (χ0v) is 14.0. The maximum Gasteiger partial charge on any atom is 0.233 e. The number of hydrogen-bond acceptors (Lipinski definition) is 3. The Morgan fingerprint density at radius 3 is 2.62 bits per heavy atom. The zero-order valence-electron chi connectivity index (χ0n) is 11.9. The van der Waals surface area contributed by atoms with Crippen LogP contribution in [-0.2, 0) is 6.54 Å². The molecule has 3 rings (SSSR count). The maximum atomic E-state index is 8.90. The lowest BCUT2D eigenvalue weighted by Gasteiger charge is -2.07. The predicted octanol–water partition coefficient (Wildman–Crippen LogP) is -0.896. The summed E-state index contributed by atoms with van der Waals surface area (Å²) in [5.41, 5.74) is 5.25. The summed E-state index contributed by atoms with van der Waals surface area (Å²) in [6.45, 7) is 3.71. The van der Waals surface area contributed by atoms with Crippen LogP contribution in [0, 0.1) is 0 Å². The Hall–Kier alpha value is -1.47. The van der Waals surface area contributed by atoms with E-state index >= 15 is 0 Å². The monoisotopic (exact) mass is 395 g/mol. The number of aryl methyl sites for hydroxylation is 1. The van der Waals surface area contributed by atoms with Crippen LogP contribution in [0.15, 0.2) is 42.5 Å². The van der Waals surface area contributed by atoms with Crippen LogP contribution in [0.2, 0.25) is 0 Å². The van der Waals surface area contributed by atoms with Crippen LogP contribution in [-0.4, -0.2) is 23.2 Å². The highest BCUT2D eigenvalue weighted by Gasteiger charge is 2.14. The van der Waals surface area contributed by atoms with Gasteiger partial charge in [-0.3, -0.25) is 0 Å². The summed E-state index contributed by atoms with van der Waals surface area (Å²) in [6, 6.07) is 14.3. The Morgan fingerprint density at radius 1 is 1.10 bits per heavy atom. The molecule has 0 saturated carbocycles. The van der Waals surface area contributed by atoms with Crippen molar-refractivity contribution in [2.24, 2.45) is 0 Å². The number of nitrogens with one attached hydrogen (secondary N) is 1. The van der Waals surface area contributed by atoms with Crippen LogP contribution >= 0.6 is 0 Å². The van der Waals surface area contributed by atoms with E-state index in [0.717, 1.165) is 34.3 Å².